The third kappa shape index (κ3) is 2.66. The van der Waals surface area contributed by atoms with Crippen LogP contribution in [0.5, 0.6) is 0 Å². The van der Waals surface area contributed by atoms with E-state index >= 15 is 0 Å². The second-order valence-electron chi connectivity index (χ2n) is 3.64. The summed E-state index contributed by atoms with van der Waals surface area (Å²) in [6.07, 6.45) is 3.19. The predicted molar refractivity (Wildman–Crippen MR) is 74.3 cm³/mol. The molecule has 92 valence electrons. The van der Waals surface area contributed by atoms with Crippen molar-refractivity contribution in [1.82, 2.24) is 4.90 Å². The SMILES string of the molecule is C=CCN1C(=O)S/C(=C/c2cccc(Cl)c2)C1=O. The third-order valence-corrected chi connectivity index (χ3v) is 3.47. The van der Waals surface area contributed by atoms with Gasteiger partial charge in [0.05, 0.1) is 4.91 Å². The third-order valence-electron chi connectivity index (χ3n) is 2.33. The van der Waals surface area contributed by atoms with Crippen LogP contribution in [0.3, 0.4) is 0 Å². The smallest absolute Gasteiger partial charge is 0.268 e. The molecule has 1 aliphatic heterocycles. The van der Waals surface area contributed by atoms with E-state index in [2.05, 4.69) is 6.58 Å². The Balaban J connectivity index is 2.27. The zero-order valence-electron chi connectivity index (χ0n) is 9.43. The topological polar surface area (TPSA) is 37.4 Å². The number of thioether (sulfide) groups is 1. The Morgan fingerprint density at radius 3 is 2.83 bits per heavy atom. The van der Waals surface area contributed by atoms with Crippen molar-refractivity contribution in [2.24, 2.45) is 0 Å². The van der Waals surface area contributed by atoms with Gasteiger partial charge in [0.1, 0.15) is 0 Å². The van der Waals surface area contributed by atoms with Crippen molar-refractivity contribution in [2.75, 3.05) is 6.54 Å². The van der Waals surface area contributed by atoms with Gasteiger partial charge in [-0.3, -0.25) is 14.5 Å². The molecule has 0 N–H and O–H groups in total. The van der Waals surface area contributed by atoms with Gasteiger partial charge in [0.15, 0.2) is 0 Å². The van der Waals surface area contributed by atoms with Crippen molar-refractivity contribution < 1.29 is 9.59 Å². The fraction of sp³-hybridized carbons (Fsp3) is 0.0769. The average Bonchev–Trinajstić information content (AvgIpc) is 2.57. The van der Waals surface area contributed by atoms with Crippen molar-refractivity contribution in [1.29, 1.82) is 0 Å². The zero-order valence-corrected chi connectivity index (χ0v) is 11.0. The molecule has 18 heavy (non-hydrogen) atoms. The summed E-state index contributed by atoms with van der Waals surface area (Å²) in [4.78, 5) is 25.1. The number of nitrogens with zero attached hydrogens (tertiary/aromatic N) is 1. The fourth-order valence-corrected chi connectivity index (χ4v) is 2.58. The predicted octanol–water partition coefficient (Wildman–Crippen LogP) is 3.56. The first-order valence-electron chi connectivity index (χ1n) is 5.23. The van der Waals surface area contributed by atoms with E-state index in [0.29, 0.717) is 9.93 Å². The monoisotopic (exact) mass is 279 g/mol. The van der Waals surface area contributed by atoms with E-state index < -0.39 is 0 Å². The molecule has 1 fully saturated rings. The van der Waals surface area contributed by atoms with Gasteiger partial charge in [0.25, 0.3) is 11.1 Å². The molecule has 1 aliphatic rings. The molecular weight excluding hydrogens is 270 g/mol. The number of carbonyl (C=O) groups is 2. The summed E-state index contributed by atoms with van der Waals surface area (Å²) >= 11 is 6.79. The number of hydrogen-bond acceptors (Lipinski definition) is 3. The van der Waals surface area contributed by atoms with E-state index in [0.717, 1.165) is 22.2 Å². The highest BCUT2D eigenvalue weighted by molar-refractivity contribution is 8.18. The summed E-state index contributed by atoms with van der Waals surface area (Å²) in [5.41, 5.74) is 0.798. The summed E-state index contributed by atoms with van der Waals surface area (Å²) in [6.45, 7) is 3.76. The standard InChI is InChI=1S/C13H10ClNO2S/c1-2-6-15-12(16)11(18-13(15)17)8-9-4-3-5-10(14)7-9/h2-5,7-8H,1,6H2/b11-8+. The second-order valence-corrected chi connectivity index (χ2v) is 5.07. The summed E-state index contributed by atoms with van der Waals surface area (Å²) in [5.74, 6) is -0.287. The van der Waals surface area contributed by atoms with Crippen LogP contribution in [0.1, 0.15) is 5.56 Å². The number of rotatable bonds is 3. The van der Waals surface area contributed by atoms with E-state index in [1.54, 1.807) is 24.3 Å². The lowest BCUT2D eigenvalue weighted by Gasteiger charge is -2.07. The van der Waals surface area contributed by atoms with Crippen LogP contribution in [0.2, 0.25) is 5.02 Å². The Labute approximate surface area is 114 Å². The maximum absolute atomic E-state index is 11.9. The molecule has 3 nitrogen and oxygen atoms in total. The highest BCUT2D eigenvalue weighted by atomic mass is 35.5. The van der Waals surface area contributed by atoms with Gasteiger partial charge in [-0.25, -0.2) is 0 Å². The summed E-state index contributed by atoms with van der Waals surface area (Å²) in [6, 6.07) is 7.11. The Morgan fingerprint density at radius 2 is 2.17 bits per heavy atom. The maximum atomic E-state index is 11.9. The number of benzene rings is 1. The largest absolute Gasteiger partial charge is 0.293 e. The molecule has 2 amide bonds. The number of hydrogen-bond donors (Lipinski definition) is 0. The Hall–Kier alpha value is -1.52. The zero-order chi connectivity index (χ0) is 13.1. The van der Waals surface area contributed by atoms with Crippen molar-refractivity contribution in [2.45, 2.75) is 0 Å². The van der Waals surface area contributed by atoms with Gasteiger partial charge < -0.3 is 0 Å². The maximum Gasteiger partial charge on any atom is 0.293 e. The van der Waals surface area contributed by atoms with Gasteiger partial charge in [0, 0.05) is 11.6 Å². The minimum atomic E-state index is -0.287. The van der Waals surface area contributed by atoms with E-state index in [9.17, 15) is 9.59 Å². The lowest BCUT2D eigenvalue weighted by atomic mass is 10.2. The quantitative estimate of drug-likeness (QED) is 0.627. The first-order valence-corrected chi connectivity index (χ1v) is 6.43. The van der Waals surface area contributed by atoms with Crippen LogP contribution < -0.4 is 0 Å². The number of imide groups is 1. The molecule has 1 aromatic carbocycles. The molecule has 5 heteroatoms. The molecule has 1 saturated heterocycles. The van der Waals surface area contributed by atoms with E-state index in [1.807, 2.05) is 6.07 Å². The first-order chi connectivity index (χ1) is 8.61. The van der Waals surface area contributed by atoms with Crippen LogP contribution in [-0.4, -0.2) is 22.6 Å². The van der Waals surface area contributed by atoms with Crippen LogP contribution in [0.25, 0.3) is 6.08 Å². The minimum absolute atomic E-state index is 0.234. The lowest BCUT2D eigenvalue weighted by molar-refractivity contribution is -0.122. The fourth-order valence-electron chi connectivity index (χ4n) is 1.53. The van der Waals surface area contributed by atoms with Crippen molar-refractivity contribution in [3.63, 3.8) is 0 Å². The van der Waals surface area contributed by atoms with Crippen LogP contribution >= 0.6 is 23.4 Å². The van der Waals surface area contributed by atoms with Gasteiger partial charge >= 0.3 is 0 Å². The van der Waals surface area contributed by atoms with Crippen LogP contribution in [0.4, 0.5) is 4.79 Å². The molecule has 0 aliphatic carbocycles. The van der Waals surface area contributed by atoms with E-state index in [1.165, 1.54) is 6.08 Å². The highest BCUT2D eigenvalue weighted by Gasteiger charge is 2.33. The Kier molecular flexibility index (Phi) is 3.89. The molecule has 1 aromatic rings. The minimum Gasteiger partial charge on any atom is -0.268 e. The van der Waals surface area contributed by atoms with E-state index in [4.69, 9.17) is 11.6 Å². The highest BCUT2D eigenvalue weighted by Crippen LogP contribution is 2.32. The van der Waals surface area contributed by atoms with E-state index in [-0.39, 0.29) is 17.7 Å². The van der Waals surface area contributed by atoms with Crippen molar-refractivity contribution >= 4 is 40.6 Å². The van der Waals surface area contributed by atoms with Gasteiger partial charge in [-0.15, -0.1) is 6.58 Å². The average molecular weight is 280 g/mol. The molecule has 0 aromatic heterocycles. The summed E-state index contributed by atoms with van der Waals surface area (Å²) in [5, 5.41) is 0.322. The molecular formula is C13H10ClNO2S. The molecule has 0 radical (unpaired) electrons. The first kappa shape index (κ1) is 12.9. The Morgan fingerprint density at radius 1 is 1.39 bits per heavy atom. The van der Waals surface area contributed by atoms with Crippen molar-refractivity contribution in [3.8, 4) is 0 Å². The number of halogens is 1. The van der Waals surface area contributed by atoms with Crippen LogP contribution in [0, 0.1) is 0 Å². The number of amides is 2. The molecule has 0 saturated carbocycles. The lowest BCUT2D eigenvalue weighted by Crippen LogP contribution is -2.27. The molecule has 1 heterocycles. The van der Waals surface area contributed by atoms with Crippen molar-refractivity contribution in [3.05, 3.63) is 52.4 Å². The number of carbonyl (C=O) groups excluding carboxylic acids is 2. The van der Waals surface area contributed by atoms with Crippen LogP contribution in [0.15, 0.2) is 41.8 Å². The molecule has 0 spiro atoms. The van der Waals surface area contributed by atoms with Crippen LogP contribution in [-0.2, 0) is 4.79 Å². The summed E-state index contributed by atoms with van der Waals surface area (Å²) in [7, 11) is 0. The summed E-state index contributed by atoms with van der Waals surface area (Å²) < 4.78 is 0. The van der Waals surface area contributed by atoms with Gasteiger partial charge in [-0.1, -0.05) is 29.8 Å². The van der Waals surface area contributed by atoms with Gasteiger partial charge in [-0.05, 0) is 35.5 Å². The van der Waals surface area contributed by atoms with Gasteiger partial charge in [0.2, 0.25) is 0 Å². The molecule has 0 atom stereocenters. The van der Waals surface area contributed by atoms with Gasteiger partial charge in [-0.2, -0.15) is 0 Å². The molecule has 0 unspecified atom stereocenters. The normalized spacial score (nSPS) is 17.6. The molecule has 2 rings (SSSR count). The Bertz CT molecular complexity index is 554. The molecule has 0 bridgehead atoms. The second kappa shape index (κ2) is 5.42.